The zero-order valence-corrected chi connectivity index (χ0v) is 26.7. The molecule has 0 bridgehead atoms. The Morgan fingerprint density at radius 3 is 2.41 bits per heavy atom. The van der Waals surface area contributed by atoms with E-state index in [9.17, 15) is 9.59 Å². The molecule has 1 aromatic heterocycles. The minimum Gasteiger partial charge on any atom is -0.494 e. The van der Waals surface area contributed by atoms with Crippen LogP contribution in [0.25, 0.3) is 22.3 Å². The molecule has 4 aromatic rings. The number of esters is 1. The quantitative estimate of drug-likeness (QED) is 0.129. The number of nitrogens with zero attached hydrogens (tertiary/aromatic N) is 3. The second-order valence-electron chi connectivity index (χ2n) is 9.51. The molecule has 10 heteroatoms. The number of ether oxygens (including phenoxy) is 3. The number of halogens is 2. The molecular formula is C31H31Br2N3O5. The number of aromatic nitrogens is 2. The van der Waals surface area contributed by atoms with Crippen LogP contribution in [0.1, 0.15) is 50.3 Å². The average molecular weight is 685 g/mol. The largest absolute Gasteiger partial charge is 0.494 e. The summed E-state index contributed by atoms with van der Waals surface area (Å²) < 4.78 is 19.0. The van der Waals surface area contributed by atoms with E-state index in [2.05, 4.69) is 50.8 Å². The lowest BCUT2D eigenvalue weighted by molar-refractivity contribution is -0.145. The molecule has 41 heavy (non-hydrogen) atoms. The van der Waals surface area contributed by atoms with Crippen LogP contribution in [-0.4, -0.2) is 41.7 Å². The molecule has 214 valence electrons. The fraction of sp³-hybridized carbons (Fsp3) is 0.290. The molecule has 8 nitrogen and oxygen atoms in total. The molecule has 0 aliphatic rings. The lowest BCUT2D eigenvalue weighted by Crippen LogP contribution is -2.21. The van der Waals surface area contributed by atoms with Crippen LogP contribution < -0.4 is 15.0 Å². The molecule has 0 spiro atoms. The van der Waals surface area contributed by atoms with E-state index in [1.807, 2.05) is 38.1 Å². The number of benzene rings is 3. The molecule has 0 saturated heterocycles. The Labute approximate surface area is 255 Å². The Morgan fingerprint density at radius 1 is 1.05 bits per heavy atom. The molecule has 0 unspecified atom stereocenters. The summed E-state index contributed by atoms with van der Waals surface area (Å²) in [5, 5.41) is 5.08. The summed E-state index contributed by atoms with van der Waals surface area (Å²) >= 11 is 7.00. The van der Waals surface area contributed by atoms with Gasteiger partial charge in [-0.3, -0.25) is 4.79 Å². The monoisotopic (exact) mass is 683 g/mol. The van der Waals surface area contributed by atoms with Crippen LogP contribution in [0.5, 0.6) is 11.5 Å². The van der Waals surface area contributed by atoms with Crippen molar-refractivity contribution in [2.45, 2.75) is 40.5 Å². The van der Waals surface area contributed by atoms with Gasteiger partial charge in [0, 0.05) is 5.56 Å². The van der Waals surface area contributed by atoms with Crippen molar-refractivity contribution in [1.29, 1.82) is 0 Å². The second-order valence-corrected chi connectivity index (χ2v) is 11.2. The van der Waals surface area contributed by atoms with Gasteiger partial charge in [-0.25, -0.2) is 9.78 Å². The first-order valence-corrected chi connectivity index (χ1v) is 14.8. The van der Waals surface area contributed by atoms with Gasteiger partial charge in [0.15, 0.2) is 12.4 Å². The third kappa shape index (κ3) is 6.87. The first-order chi connectivity index (χ1) is 19.6. The van der Waals surface area contributed by atoms with Gasteiger partial charge in [-0.15, -0.1) is 0 Å². The van der Waals surface area contributed by atoms with Gasteiger partial charge in [-0.1, -0.05) is 26.0 Å². The Bertz CT molecular complexity index is 1660. The minimum absolute atomic E-state index is 0.194. The van der Waals surface area contributed by atoms with Crippen molar-refractivity contribution in [3.05, 3.63) is 84.5 Å². The van der Waals surface area contributed by atoms with Crippen molar-refractivity contribution in [3.8, 4) is 22.9 Å². The first kappa shape index (κ1) is 30.5. The van der Waals surface area contributed by atoms with E-state index in [1.54, 1.807) is 37.4 Å². The maximum absolute atomic E-state index is 13.7. The van der Waals surface area contributed by atoms with Crippen LogP contribution in [0.2, 0.25) is 0 Å². The smallest absolute Gasteiger partial charge is 0.344 e. The van der Waals surface area contributed by atoms with E-state index >= 15 is 0 Å². The normalized spacial score (nSPS) is 11.4. The fourth-order valence-electron chi connectivity index (χ4n) is 4.33. The first-order valence-electron chi connectivity index (χ1n) is 13.3. The van der Waals surface area contributed by atoms with Crippen LogP contribution in [0.4, 0.5) is 0 Å². The minimum atomic E-state index is -0.460. The highest BCUT2D eigenvalue weighted by atomic mass is 79.9. The topological polar surface area (TPSA) is 92.0 Å². The molecule has 4 rings (SSSR count). The lowest BCUT2D eigenvalue weighted by Gasteiger charge is -2.18. The predicted molar refractivity (Wildman–Crippen MR) is 168 cm³/mol. The van der Waals surface area contributed by atoms with Gasteiger partial charge >= 0.3 is 5.97 Å². The van der Waals surface area contributed by atoms with Gasteiger partial charge < -0.3 is 14.2 Å². The van der Waals surface area contributed by atoms with E-state index < -0.39 is 5.97 Å². The Morgan fingerprint density at radius 2 is 1.76 bits per heavy atom. The number of rotatable bonds is 10. The molecule has 0 aliphatic heterocycles. The highest BCUT2D eigenvalue weighted by molar-refractivity contribution is 9.11. The summed E-state index contributed by atoms with van der Waals surface area (Å²) in [4.78, 5) is 30.4. The van der Waals surface area contributed by atoms with Crippen molar-refractivity contribution in [2.24, 2.45) is 5.10 Å². The molecule has 0 amide bonds. The van der Waals surface area contributed by atoms with Crippen LogP contribution in [-0.2, 0) is 9.53 Å². The Hall–Kier alpha value is -3.50. The van der Waals surface area contributed by atoms with Gasteiger partial charge in [-0.2, -0.15) is 9.78 Å². The van der Waals surface area contributed by atoms with E-state index in [1.165, 1.54) is 4.68 Å². The molecule has 0 saturated carbocycles. The summed E-state index contributed by atoms with van der Waals surface area (Å²) in [5.74, 6) is 1.44. The molecule has 0 atom stereocenters. The van der Waals surface area contributed by atoms with Crippen LogP contribution >= 0.6 is 31.9 Å². The number of carbonyl (C=O) groups is 1. The second kappa shape index (κ2) is 13.4. The van der Waals surface area contributed by atoms with Crippen LogP contribution in [0.15, 0.2) is 67.4 Å². The number of aryl methyl sites for hydroxylation is 1. The van der Waals surface area contributed by atoms with Crippen LogP contribution in [0.3, 0.4) is 0 Å². The summed E-state index contributed by atoms with van der Waals surface area (Å²) in [6.07, 6.45) is 1.58. The third-order valence-corrected chi connectivity index (χ3v) is 7.43. The molecule has 0 N–H and O–H groups in total. The zero-order valence-electron chi connectivity index (χ0n) is 23.5. The van der Waals surface area contributed by atoms with Crippen molar-refractivity contribution < 1.29 is 19.0 Å². The molecule has 3 aromatic carbocycles. The van der Waals surface area contributed by atoms with Gasteiger partial charge in [0.1, 0.15) is 11.5 Å². The van der Waals surface area contributed by atoms with Crippen LogP contribution in [0, 0.1) is 6.92 Å². The summed E-state index contributed by atoms with van der Waals surface area (Å²) in [7, 11) is 0. The number of carbonyl (C=O) groups excluding carboxylic acids is 1. The average Bonchev–Trinajstić information content (AvgIpc) is 2.92. The molecule has 0 fully saturated rings. The van der Waals surface area contributed by atoms with Gasteiger partial charge in [0.05, 0.1) is 39.3 Å². The molecule has 0 aliphatic carbocycles. The Balaban J connectivity index is 1.82. The third-order valence-electron chi connectivity index (χ3n) is 6.26. The van der Waals surface area contributed by atoms with Crippen molar-refractivity contribution in [2.75, 3.05) is 19.8 Å². The molecule has 0 radical (unpaired) electrons. The highest BCUT2D eigenvalue weighted by Crippen LogP contribution is 2.36. The number of hydrogen-bond donors (Lipinski definition) is 0. The standard InChI is InChI=1S/C31H31Br2N3O5/c1-6-39-27-12-19(5)23(15-22(27)18(3)4)30-35-26-11-9-8-10-21(26)31(38)36(30)34-16-20-13-24(32)29(25(33)14-20)41-17-28(37)40-7-2/h8-16,18H,6-7,17H2,1-5H3. The maximum atomic E-state index is 13.7. The van der Waals surface area contributed by atoms with E-state index in [0.717, 1.165) is 22.4 Å². The predicted octanol–water partition coefficient (Wildman–Crippen LogP) is 7.24. The maximum Gasteiger partial charge on any atom is 0.344 e. The zero-order chi connectivity index (χ0) is 29.7. The number of fused-ring (bicyclic) bond motifs is 1. The van der Waals surface area contributed by atoms with Gasteiger partial charge in [0.2, 0.25) is 0 Å². The highest BCUT2D eigenvalue weighted by Gasteiger charge is 2.19. The number of hydrogen-bond acceptors (Lipinski definition) is 7. The summed E-state index contributed by atoms with van der Waals surface area (Å²) in [5.41, 5.74) is 3.72. The fourth-order valence-corrected chi connectivity index (χ4v) is 5.78. The summed E-state index contributed by atoms with van der Waals surface area (Å²) in [6.45, 7) is 10.5. The van der Waals surface area contributed by atoms with E-state index in [-0.39, 0.29) is 24.7 Å². The summed E-state index contributed by atoms with van der Waals surface area (Å²) in [6, 6.07) is 14.8. The van der Waals surface area contributed by atoms with Crippen molar-refractivity contribution in [1.82, 2.24) is 9.66 Å². The van der Waals surface area contributed by atoms with E-state index in [0.29, 0.717) is 43.6 Å². The van der Waals surface area contributed by atoms with Gasteiger partial charge in [0.25, 0.3) is 5.56 Å². The van der Waals surface area contributed by atoms with E-state index in [4.69, 9.17) is 19.2 Å². The Kier molecular flexibility index (Phi) is 9.99. The number of para-hydroxylation sites is 1. The van der Waals surface area contributed by atoms with Crippen molar-refractivity contribution in [3.63, 3.8) is 0 Å². The lowest BCUT2D eigenvalue weighted by atomic mass is 9.96. The van der Waals surface area contributed by atoms with Gasteiger partial charge in [-0.05, 0) is 112 Å². The van der Waals surface area contributed by atoms with Crippen molar-refractivity contribution >= 4 is 54.9 Å². The molecule has 1 heterocycles. The SMILES string of the molecule is CCOC(=O)COc1c(Br)cc(C=Nn2c(-c3cc(C(C)C)c(OCC)cc3C)nc3ccccc3c2=O)cc1Br. The molecular weight excluding hydrogens is 654 g/mol.